The molecule has 0 N–H and O–H groups in total. The van der Waals surface area contributed by atoms with Crippen molar-refractivity contribution in [2.24, 2.45) is 0 Å². The maximum atomic E-state index is 12.6. The van der Waals surface area contributed by atoms with E-state index in [4.69, 9.17) is 0 Å². The van der Waals surface area contributed by atoms with Crippen LogP contribution in [0.4, 0.5) is 19.0 Å². The predicted octanol–water partition coefficient (Wildman–Crippen LogP) is 2.25. The summed E-state index contributed by atoms with van der Waals surface area (Å²) >= 11 is 0. The molecule has 10 heteroatoms. The van der Waals surface area contributed by atoms with Crippen molar-refractivity contribution >= 4 is 11.7 Å². The number of piperazine rings is 1. The molecule has 3 rings (SSSR count). The zero-order valence-corrected chi connectivity index (χ0v) is 14.7. The van der Waals surface area contributed by atoms with E-state index in [1.165, 1.54) is 18.3 Å². The molecule has 1 fully saturated rings. The number of halogens is 3. The zero-order chi connectivity index (χ0) is 20.1. The van der Waals surface area contributed by atoms with Gasteiger partial charge in [-0.15, -0.1) is 0 Å². The third-order valence-corrected chi connectivity index (χ3v) is 4.14. The number of aromatic nitrogens is 2. The average Bonchev–Trinajstić information content (AvgIpc) is 2.71. The topological polar surface area (TPSA) is 82.4 Å². The molecule has 0 saturated carbocycles. The Morgan fingerprint density at radius 3 is 2.54 bits per heavy atom. The van der Waals surface area contributed by atoms with Gasteiger partial charge in [0.05, 0.1) is 11.1 Å². The smallest absolute Gasteiger partial charge is 0.422 e. The monoisotopic (exact) mass is 391 g/mol. The lowest BCUT2D eigenvalue weighted by molar-refractivity contribution is -0.154. The first kappa shape index (κ1) is 19.4. The van der Waals surface area contributed by atoms with Gasteiger partial charge in [0.2, 0.25) is 5.88 Å². The molecular formula is C18H16F3N5O2. The Balaban J connectivity index is 1.58. The molecule has 0 aliphatic carbocycles. The minimum Gasteiger partial charge on any atom is -0.468 e. The number of pyridine rings is 2. The molecule has 0 spiro atoms. The third-order valence-electron chi connectivity index (χ3n) is 4.14. The molecule has 1 amide bonds. The van der Waals surface area contributed by atoms with Gasteiger partial charge in [-0.2, -0.15) is 18.4 Å². The van der Waals surface area contributed by atoms with E-state index in [1.807, 2.05) is 4.90 Å². The van der Waals surface area contributed by atoms with Gasteiger partial charge in [0, 0.05) is 44.6 Å². The number of nitriles is 1. The van der Waals surface area contributed by atoms with Crippen molar-refractivity contribution in [3.05, 3.63) is 47.8 Å². The molecule has 3 heterocycles. The fraction of sp³-hybridized carbons (Fsp3) is 0.333. The summed E-state index contributed by atoms with van der Waals surface area (Å²) in [5.41, 5.74) is 0.740. The van der Waals surface area contributed by atoms with Crippen LogP contribution in [0.2, 0.25) is 0 Å². The minimum absolute atomic E-state index is 0.196. The Kier molecular flexibility index (Phi) is 5.63. The highest BCUT2D eigenvalue weighted by atomic mass is 19.4. The number of carbonyl (C=O) groups excluding carboxylic acids is 1. The highest BCUT2D eigenvalue weighted by molar-refractivity contribution is 5.94. The van der Waals surface area contributed by atoms with Crippen molar-refractivity contribution < 1.29 is 22.7 Å². The van der Waals surface area contributed by atoms with Crippen molar-refractivity contribution in [2.75, 3.05) is 37.7 Å². The van der Waals surface area contributed by atoms with Crippen LogP contribution in [0.5, 0.6) is 5.88 Å². The molecule has 2 aromatic heterocycles. The van der Waals surface area contributed by atoms with Gasteiger partial charge in [-0.25, -0.2) is 9.97 Å². The largest absolute Gasteiger partial charge is 0.468 e. The summed E-state index contributed by atoms with van der Waals surface area (Å²) in [6.07, 6.45) is -1.64. The SMILES string of the molecule is N#Cc1cccnc1N1CCN(C(=O)c2ccc(OCC(F)(F)F)nc2)CC1. The number of anilines is 1. The van der Waals surface area contributed by atoms with E-state index in [0.29, 0.717) is 37.6 Å². The third kappa shape index (κ3) is 4.68. The van der Waals surface area contributed by atoms with E-state index in [0.717, 1.165) is 0 Å². The number of alkyl halides is 3. The molecule has 1 saturated heterocycles. The fourth-order valence-corrected chi connectivity index (χ4v) is 2.79. The number of nitrogens with zero attached hydrogens (tertiary/aromatic N) is 5. The van der Waals surface area contributed by atoms with Crippen LogP contribution >= 0.6 is 0 Å². The standard InChI is InChI=1S/C18H16F3N5O2/c19-18(20,21)12-28-15-4-3-14(11-24-15)17(27)26-8-6-25(7-9-26)16-13(10-22)2-1-5-23-16/h1-5,11H,6-9,12H2. The van der Waals surface area contributed by atoms with E-state index in [-0.39, 0.29) is 17.4 Å². The first-order chi connectivity index (χ1) is 13.4. The van der Waals surface area contributed by atoms with Gasteiger partial charge in [0.1, 0.15) is 11.9 Å². The van der Waals surface area contributed by atoms with Crippen LogP contribution in [0.3, 0.4) is 0 Å². The van der Waals surface area contributed by atoms with Gasteiger partial charge in [-0.05, 0) is 18.2 Å². The Bertz CT molecular complexity index is 872. The predicted molar refractivity (Wildman–Crippen MR) is 92.9 cm³/mol. The highest BCUT2D eigenvalue weighted by Crippen LogP contribution is 2.20. The van der Waals surface area contributed by atoms with E-state index >= 15 is 0 Å². The van der Waals surface area contributed by atoms with Crippen LogP contribution in [0, 0.1) is 11.3 Å². The Labute approximate surface area is 159 Å². The summed E-state index contributed by atoms with van der Waals surface area (Å²) in [5.74, 6) is 0.124. The second kappa shape index (κ2) is 8.12. The van der Waals surface area contributed by atoms with Crippen molar-refractivity contribution in [1.82, 2.24) is 14.9 Å². The van der Waals surface area contributed by atoms with Crippen LogP contribution < -0.4 is 9.64 Å². The van der Waals surface area contributed by atoms with Gasteiger partial charge in [0.25, 0.3) is 5.91 Å². The van der Waals surface area contributed by atoms with Crippen molar-refractivity contribution in [3.8, 4) is 11.9 Å². The second-order valence-corrected chi connectivity index (χ2v) is 6.05. The fourth-order valence-electron chi connectivity index (χ4n) is 2.79. The molecule has 1 aliphatic heterocycles. The Morgan fingerprint density at radius 1 is 1.18 bits per heavy atom. The molecular weight excluding hydrogens is 375 g/mol. The first-order valence-corrected chi connectivity index (χ1v) is 8.42. The van der Waals surface area contributed by atoms with Gasteiger partial charge < -0.3 is 14.5 Å². The lowest BCUT2D eigenvalue weighted by Crippen LogP contribution is -2.49. The highest BCUT2D eigenvalue weighted by Gasteiger charge is 2.29. The van der Waals surface area contributed by atoms with E-state index in [2.05, 4.69) is 20.8 Å². The van der Waals surface area contributed by atoms with Crippen LogP contribution in [-0.2, 0) is 0 Å². The molecule has 146 valence electrons. The van der Waals surface area contributed by atoms with Gasteiger partial charge in [-0.3, -0.25) is 4.79 Å². The summed E-state index contributed by atoms with van der Waals surface area (Å²) in [7, 11) is 0. The number of carbonyl (C=O) groups is 1. The number of amides is 1. The lowest BCUT2D eigenvalue weighted by Gasteiger charge is -2.35. The number of rotatable bonds is 4. The van der Waals surface area contributed by atoms with Crippen molar-refractivity contribution in [2.45, 2.75) is 6.18 Å². The summed E-state index contributed by atoms with van der Waals surface area (Å²) in [6.45, 7) is 0.432. The summed E-state index contributed by atoms with van der Waals surface area (Å²) in [5, 5.41) is 9.18. The van der Waals surface area contributed by atoms with Crippen molar-refractivity contribution in [1.29, 1.82) is 5.26 Å². The quantitative estimate of drug-likeness (QED) is 0.795. The first-order valence-electron chi connectivity index (χ1n) is 8.42. The van der Waals surface area contributed by atoms with Crippen LogP contribution in [0.1, 0.15) is 15.9 Å². The zero-order valence-electron chi connectivity index (χ0n) is 14.7. The molecule has 0 aromatic carbocycles. The number of ether oxygens (including phenoxy) is 1. The Morgan fingerprint density at radius 2 is 1.93 bits per heavy atom. The van der Waals surface area contributed by atoms with Crippen LogP contribution in [0.15, 0.2) is 36.7 Å². The average molecular weight is 391 g/mol. The normalized spacial score (nSPS) is 14.5. The molecule has 2 aromatic rings. The number of hydrogen-bond acceptors (Lipinski definition) is 6. The van der Waals surface area contributed by atoms with E-state index in [9.17, 15) is 23.2 Å². The second-order valence-electron chi connectivity index (χ2n) is 6.05. The molecule has 7 nitrogen and oxygen atoms in total. The molecule has 0 unspecified atom stereocenters. The number of hydrogen-bond donors (Lipinski definition) is 0. The van der Waals surface area contributed by atoms with Gasteiger partial charge in [0.15, 0.2) is 6.61 Å². The molecule has 0 atom stereocenters. The summed E-state index contributed by atoms with van der Waals surface area (Å²) in [4.78, 5) is 24.1. The van der Waals surface area contributed by atoms with Crippen LogP contribution in [-0.4, -0.2) is 59.7 Å². The van der Waals surface area contributed by atoms with Crippen molar-refractivity contribution in [3.63, 3.8) is 0 Å². The minimum atomic E-state index is -4.45. The molecule has 0 bridgehead atoms. The van der Waals surface area contributed by atoms with Gasteiger partial charge in [-0.1, -0.05) is 0 Å². The molecule has 28 heavy (non-hydrogen) atoms. The Hall–Kier alpha value is -3.35. The summed E-state index contributed by atoms with van der Waals surface area (Å²) < 4.78 is 41.0. The maximum absolute atomic E-state index is 12.6. The van der Waals surface area contributed by atoms with E-state index < -0.39 is 12.8 Å². The maximum Gasteiger partial charge on any atom is 0.422 e. The van der Waals surface area contributed by atoms with Gasteiger partial charge >= 0.3 is 6.18 Å². The molecule has 0 radical (unpaired) electrons. The lowest BCUT2D eigenvalue weighted by atomic mass is 10.2. The summed E-state index contributed by atoms with van der Waals surface area (Å²) in [6, 6.07) is 8.11. The molecule has 1 aliphatic rings. The van der Waals surface area contributed by atoms with Crippen LogP contribution in [0.25, 0.3) is 0 Å². The van der Waals surface area contributed by atoms with E-state index in [1.54, 1.807) is 23.2 Å².